The average Bonchev–Trinajstić information content (AvgIpc) is 3.00. The first-order valence-corrected chi connectivity index (χ1v) is 6.94. The van der Waals surface area contributed by atoms with Crippen molar-refractivity contribution in [1.29, 1.82) is 0 Å². The summed E-state index contributed by atoms with van der Waals surface area (Å²) in [6.07, 6.45) is 6.42. The van der Waals surface area contributed by atoms with E-state index < -0.39 is 0 Å². The van der Waals surface area contributed by atoms with Crippen LogP contribution >= 0.6 is 0 Å². The molecule has 20 heavy (non-hydrogen) atoms. The Morgan fingerprint density at radius 1 is 1.35 bits per heavy atom. The topological polar surface area (TPSA) is 59.8 Å². The largest absolute Gasteiger partial charge is 0.324 e. The van der Waals surface area contributed by atoms with E-state index in [1.165, 1.54) is 35.7 Å². The van der Waals surface area contributed by atoms with Gasteiger partial charge in [-0.25, -0.2) is 9.67 Å². The Morgan fingerprint density at radius 3 is 2.70 bits per heavy atom. The maximum atomic E-state index is 12.1. The van der Waals surface area contributed by atoms with E-state index >= 15 is 0 Å². The first-order chi connectivity index (χ1) is 9.70. The third-order valence-electron chi connectivity index (χ3n) is 3.25. The number of nitrogens with zero attached hydrogens (tertiary/aromatic N) is 3. The van der Waals surface area contributed by atoms with Crippen LogP contribution in [0, 0.1) is 0 Å². The quantitative estimate of drug-likeness (QED) is 0.879. The van der Waals surface area contributed by atoms with E-state index in [1.807, 2.05) is 12.1 Å². The van der Waals surface area contributed by atoms with E-state index in [4.69, 9.17) is 0 Å². The Hall–Kier alpha value is -2.17. The lowest BCUT2D eigenvalue weighted by Crippen LogP contribution is -2.24. The third kappa shape index (κ3) is 3.66. The Kier molecular flexibility index (Phi) is 4.87. The van der Waals surface area contributed by atoms with Gasteiger partial charge in [-0.15, -0.1) is 0 Å². The van der Waals surface area contributed by atoms with Crippen LogP contribution in [-0.4, -0.2) is 20.7 Å². The van der Waals surface area contributed by atoms with E-state index in [2.05, 4.69) is 34.5 Å². The van der Waals surface area contributed by atoms with Gasteiger partial charge >= 0.3 is 0 Å². The van der Waals surface area contributed by atoms with Crippen LogP contribution in [0.4, 0.5) is 5.69 Å². The molecule has 0 saturated heterocycles. The van der Waals surface area contributed by atoms with Gasteiger partial charge in [-0.2, -0.15) is 5.10 Å². The second-order valence-corrected chi connectivity index (χ2v) is 4.84. The number of aromatic nitrogens is 3. The highest BCUT2D eigenvalue weighted by atomic mass is 16.2. The lowest BCUT2D eigenvalue weighted by molar-refractivity contribution is -0.119. The van der Waals surface area contributed by atoms with Gasteiger partial charge in [0.2, 0.25) is 5.91 Å². The van der Waals surface area contributed by atoms with Gasteiger partial charge in [-0.1, -0.05) is 25.5 Å². The molecule has 1 N–H and O–H groups in total. The van der Waals surface area contributed by atoms with Crippen molar-refractivity contribution in [2.45, 2.75) is 39.2 Å². The summed E-state index contributed by atoms with van der Waals surface area (Å²) >= 11 is 0. The standard InChI is InChI=1S/C15H20N4O/c1-3-4-5-13-6-8-14(9-7-13)18-15(20)12(2)19-11-16-10-17-19/h6-12H,3-5H2,1-2H3,(H,18,20). The van der Waals surface area contributed by atoms with Gasteiger partial charge in [0.1, 0.15) is 18.7 Å². The summed E-state index contributed by atoms with van der Waals surface area (Å²) in [6.45, 7) is 3.97. The molecule has 0 saturated carbocycles. The molecule has 1 aromatic carbocycles. The number of benzene rings is 1. The Labute approximate surface area is 119 Å². The van der Waals surface area contributed by atoms with E-state index in [1.54, 1.807) is 6.92 Å². The fourth-order valence-corrected chi connectivity index (χ4v) is 1.92. The number of rotatable bonds is 6. The van der Waals surface area contributed by atoms with Gasteiger partial charge in [0.05, 0.1) is 0 Å². The molecular formula is C15H20N4O. The summed E-state index contributed by atoms with van der Waals surface area (Å²) in [4.78, 5) is 15.9. The fourth-order valence-electron chi connectivity index (χ4n) is 1.92. The molecule has 0 radical (unpaired) electrons. The number of amides is 1. The van der Waals surface area contributed by atoms with Crippen molar-refractivity contribution in [3.63, 3.8) is 0 Å². The van der Waals surface area contributed by atoms with Crippen LogP contribution in [0.3, 0.4) is 0 Å². The molecule has 5 nitrogen and oxygen atoms in total. The first kappa shape index (κ1) is 14.2. The number of hydrogen-bond donors (Lipinski definition) is 1. The molecule has 5 heteroatoms. The maximum Gasteiger partial charge on any atom is 0.249 e. The van der Waals surface area contributed by atoms with Gasteiger partial charge in [-0.05, 0) is 37.5 Å². The molecule has 0 aliphatic carbocycles. The van der Waals surface area contributed by atoms with Crippen LogP contribution in [0.5, 0.6) is 0 Å². The molecule has 1 amide bonds. The van der Waals surface area contributed by atoms with Gasteiger partial charge in [-0.3, -0.25) is 4.79 Å². The normalized spacial score (nSPS) is 12.1. The molecule has 2 rings (SSSR count). The Morgan fingerprint density at radius 2 is 2.10 bits per heavy atom. The monoisotopic (exact) mass is 272 g/mol. The smallest absolute Gasteiger partial charge is 0.249 e. The molecule has 0 spiro atoms. The second kappa shape index (κ2) is 6.84. The SMILES string of the molecule is CCCCc1ccc(NC(=O)C(C)n2cncn2)cc1. The molecule has 1 aromatic heterocycles. The number of hydrogen-bond acceptors (Lipinski definition) is 3. The summed E-state index contributed by atoms with van der Waals surface area (Å²) in [5.74, 6) is -0.100. The van der Waals surface area contributed by atoms with Crippen LogP contribution in [0.25, 0.3) is 0 Å². The highest BCUT2D eigenvalue weighted by Gasteiger charge is 2.15. The molecule has 0 aliphatic rings. The minimum atomic E-state index is -0.378. The number of nitrogens with one attached hydrogen (secondary N) is 1. The summed E-state index contributed by atoms with van der Waals surface area (Å²) in [7, 11) is 0. The van der Waals surface area contributed by atoms with Crippen molar-refractivity contribution in [3.8, 4) is 0 Å². The van der Waals surface area contributed by atoms with Crippen molar-refractivity contribution in [2.75, 3.05) is 5.32 Å². The van der Waals surface area contributed by atoms with E-state index in [9.17, 15) is 4.79 Å². The predicted molar refractivity (Wildman–Crippen MR) is 78.4 cm³/mol. The Bertz CT molecular complexity index is 534. The van der Waals surface area contributed by atoms with E-state index in [0.29, 0.717) is 0 Å². The van der Waals surface area contributed by atoms with Crippen molar-refractivity contribution < 1.29 is 4.79 Å². The maximum absolute atomic E-state index is 12.1. The lowest BCUT2D eigenvalue weighted by Gasteiger charge is -2.12. The van der Waals surface area contributed by atoms with Gasteiger partial charge in [0, 0.05) is 5.69 Å². The summed E-state index contributed by atoms with van der Waals surface area (Å²) < 4.78 is 1.53. The Balaban J connectivity index is 1.94. The molecule has 0 fully saturated rings. The summed E-state index contributed by atoms with van der Waals surface area (Å²) in [6, 6.07) is 7.63. The zero-order chi connectivity index (χ0) is 14.4. The highest BCUT2D eigenvalue weighted by molar-refractivity contribution is 5.93. The minimum Gasteiger partial charge on any atom is -0.324 e. The van der Waals surface area contributed by atoms with Crippen LogP contribution in [0.15, 0.2) is 36.9 Å². The molecule has 2 aromatic rings. The van der Waals surface area contributed by atoms with Crippen LogP contribution in [-0.2, 0) is 11.2 Å². The predicted octanol–water partition coefficient (Wildman–Crippen LogP) is 2.82. The average molecular weight is 272 g/mol. The fraction of sp³-hybridized carbons (Fsp3) is 0.400. The van der Waals surface area contributed by atoms with Crippen molar-refractivity contribution >= 4 is 11.6 Å². The number of unbranched alkanes of at least 4 members (excludes halogenated alkanes) is 1. The van der Waals surface area contributed by atoms with Gasteiger partial charge < -0.3 is 5.32 Å². The van der Waals surface area contributed by atoms with E-state index in [-0.39, 0.29) is 11.9 Å². The van der Waals surface area contributed by atoms with Crippen LogP contribution < -0.4 is 5.32 Å². The first-order valence-electron chi connectivity index (χ1n) is 6.94. The summed E-state index contributed by atoms with van der Waals surface area (Å²) in [5, 5.41) is 6.86. The number of anilines is 1. The minimum absolute atomic E-state index is 0.100. The third-order valence-corrected chi connectivity index (χ3v) is 3.25. The molecule has 1 unspecified atom stereocenters. The molecule has 0 aliphatic heterocycles. The second-order valence-electron chi connectivity index (χ2n) is 4.84. The van der Waals surface area contributed by atoms with Crippen molar-refractivity contribution in [3.05, 3.63) is 42.5 Å². The molecular weight excluding hydrogens is 252 g/mol. The lowest BCUT2D eigenvalue weighted by atomic mass is 10.1. The zero-order valence-electron chi connectivity index (χ0n) is 11.9. The number of carbonyl (C=O) groups excluding carboxylic acids is 1. The number of aryl methyl sites for hydroxylation is 1. The van der Waals surface area contributed by atoms with Crippen LogP contribution in [0.1, 0.15) is 38.3 Å². The van der Waals surface area contributed by atoms with Crippen molar-refractivity contribution in [2.24, 2.45) is 0 Å². The van der Waals surface area contributed by atoms with E-state index in [0.717, 1.165) is 12.1 Å². The zero-order valence-corrected chi connectivity index (χ0v) is 11.9. The van der Waals surface area contributed by atoms with Gasteiger partial charge in [0.15, 0.2) is 0 Å². The molecule has 0 bridgehead atoms. The van der Waals surface area contributed by atoms with Crippen LogP contribution in [0.2, 0.25) is 0 Å². The molecule has 106 valence electrons. The van der Waals surface area contributed by atoms with Crippen molar-refractivity contribution in [1.82, 2.24) is 14.8 Å². The number of carbonyl (C=O) groups is 1. The highest BCUT2D eigenvalue weighted by Crippen LogP contribution is 2.14. The molecule has 1 heterocycles. The summed E-state index contributed by atoms with van der Waals surface area (Å²) in [5.41, 5.74) is 2.11. The van der Waals surface area contributed by atoms with Gasteiger partial charge in [0.25, 0.3) is 0 Å². The molecule has 1 atom stereocenters.